The maximum Gasteiger partial charge on any atom is 0.0207 e. The van der Waals surface area contributed by atoms with Gasteiger partial charge in [-0.05, 0) is 57.9 Å². The van der Waals surface area contributed by atoms with E-state index in [0.29, 0.717) is 0 Å². The highest BCUT2D eigenvalue weighted by atomic mass is 79.9. The third-order valence-electron chi connectivity index (χ3n) is 4.82. The first-order valence-electron chi connectivity index (χ1n) is 7.58. The Morgan fingerprint density at radius 1 is 0.905 bits per heavy atom. The highest BCUT2D eigenvalue weighted by Gasteiger charge is 2.36. The van der Waals surface area contributed by atoms with Gasteiger partial charge in [-0.15, -0.1) is 0 Å². The van der Waals surface area contributed by atoms with Crippen LogP contribution in [0.1, 0.15) is 56.9 Å². The Morgan fingerprint density at radius 2 is 1.52 bits per heavy atom. The molecule has 1 heteroatoms. The van der Waals surface area contributed by atoms with Crippen LogP contribution in [0.25, 0.3) is 11.1 Å². The summed E-state index contributed by atoms with van der Waals surface area (Å²) in [5.74, 6) is 0. The molecule has 0 radical (unpaired) electrons. The number of fused-ring (bicyclic) bond motifs is 3. The number of aryl methyl sites for hydroxylation is 1. The summed E-state index contributed by atoms with van der Waals surface area (Å²) in [6.07, 6.45) is 0. The zero-order valence-corrected chi connectivity index (χ0v) is 15.4. The van der Waals surface area contributed by atoms with Gasteiger partial charge in [0.05, 0.1) is 0 Å². The lowest BCUT2D eigenvalue weighted by atomic mass is 9.79. The van der Waals surface area contributed by atoms with E-state index in [9.17, 15) is 0 Å². The van der Waals surface area contributed by atoms with Crippen molar-refractivity contribution in [1.82, 2.24) is 0 Å². The Labute approximate surface area is 136 Å². The fraction of sp³-hybridized carbons (Fsp3) is 0.400. The predicted molar refractivity (Wildman–Crippen MR) is 95.1 cm³/mol. The average molecular weight is 343 g/mol. The Kier molecular flexibility index (Phi) is 3.15. The van der Waals surface area contributed by atoms with Crippen molar-refractivity contribution in [2.75, 3.05) is 0 Å². The molecular weight excluding hydrogens is 320 g/mol. The molecule has 0 atom stereocenters. The maximum absolute atomic E-state index is 3.69. The van der Waals surface area contributed by atoms with Gasteiger partial charge in [0.1, 0.15) is 0 Å². The summed E-state index contributed by atoms with van der Waals surface area (Å²) in [6.45, 7) is 13.7. The highest BCUT2D eigenvalue weighted by molar-refractivity contribution is 9.10. The van der Waals surface area contributed by atoms with Crippen molar-refractivity contribution in [3.63, 3.8) is 0 Å². The Bertz CT molecular complexity index is 730. The molecule has 0 nitrogen and oxygen atoms in total. The van der Waals surface area contributed by atoms with E-state index < -0.39 is 0 Å². The van der Waals surface area contributed by atoms with Gasteiger partial charge in [-0.2, -0.15) is 0 Å². The maximum atomic E-state index is 3.69. The van der Waals surface area contributed by atoms with Crippen molar-refractivity contribution in [3.05, 3.63) is 57.1 Å². The Balaban J connectivity index is 2.29. The van der Waals surface area contributed by atoms with E-state index in [2.05, 4.69) is 87.8 Å². The van der Waals surface area contributed by atoms with E-state index in [1.165, 1.54) is 37.9 Å². The summed E-state index contributed by atoms with van der Waals surface area (Å²) in [4.78, 5) is 0. The monoisotopic (exact) mass is 342 g/mol. The van der Waals surface area contributed by atoms with Crippen LogP contribution in [0.15, 0.2) is 34.8 Å². The van der Waals surface area contributed by atoms with Crippen molar-refractivity contribution in [2.45, 2.75) is 52.4 Å². The standard InChI is InChI=1S/C20H23Br/c1-12-9-15-14-8-7-13(19(2,3)4)10-16(14)20(5,6)17(15)11-18(12)21/h7-11H,1-6H3. The Hall–Kier alpha value is -1.08. The number of benzene rings is 2. The molecular formula is C20H23Br. The second kappa shape index (κ2) is 4.46. The molecule has 0 aliphatic heterocycles. The number of hydrogen-bond acceptors (Lipinski definition) is 0. The minimum absolute atomic E-state index is 0.0716. The zero-order valence-electron chi connectivity index (χ0n) is 13.8. The van der Waals surface area contributed by atoms with Gasteiger partial charge in [0, 0.05) is 9.89 Å². The van der Waals surface area contributed by atoms with E-state index in [1.54, 1.807) is 0 Å². The van der Waals surface area contributed by atoms with Gasteiger partial charge in [-0.3, -0.25) is 0 Å². The number of rotatable bonds is 0. The second-order valence-corrected chi connectivity index (χ2v) is 8.64. The fourth-order valence-corrected chi connectivity index (χ4v) is 3.67. The van der Waals surface area contributed by atoms with E-state index >= 15 is 0 Å². The van der Waals surface area contributed by atoms with Gasteiger partial charge in [0.15, 0.2) is 0 Å². The lowest BCUT2D eigenvalue weighted by Crippen LogP contribution is -2.17. The van der Waals surface area contributed by atoms with Crippen LogP contribution in [0.5, 0.6) is 0 Å². The zero-order chi connectivity index (χ0) is 15.6. The molecule has 0 amide bonds. The quantitative estimate of drug-likeness (QED) is 0.522. The third kappa shape index (κ3) is 2.17. The highest BCUT2D eigenvalue weighted by Crippen LogP contribution is 2.50. The smallest absolute Gasteiger partial charge is 0.0207 e. The lowest BCUT2D eigenvalue weighted by molar-refractivity contribution is 0.584. The second-order valence-electron chi connectivity index (χ2n) is 7.78. The van der Waals surface area contributed by atoms with Gasteiger partial charge < -0.3 is 0 Å². The summed E-state index contributed by atoms with van der Waals surface area (Å²) in [7, 11) is 0. The molecule has 2 aromatic rings. The number of halogens is 1. The van der Waals surface area contributed by atoms with Crippen LogP contribution < -0.4 is 0 Å². The van der Waals surface area contributed by atoms with Gasteiger partial charge in [0.25, 0.3) is 0 Å². The topological polar surface area (TPSA) is 0 Å². The lowest BCUT2D eigenvalue weighted by Gasteiger charge is -2.25. The molecule has 0 heterocycles. The van der Waals surface area contributed by atoms with Crippen LogP contribution in [-0.2, 0) is 10.8 Å². The largest absolute Gasteiger partial charge is 0.0579 e. The Morgan fingerprint density at radius 3 is 2.14 bits per heavy atom. The average Bonchev–Trinajstić information content (AvgIpc) is 2.59. The van der Waals surface area contributed by atoms with Crippen molar-refractivity contribution in [2.24, 2.45) is 0 Å². The fourth-order valence-electron chi connectivity index (χ4n) is 3.33. The molecule has 0 bridgehead atoms. The molecule has 2 aromatic carbocycles. The van der Waals surface area contributed by atoms with Crippen LogP contribution in [0.2, 0.25) is 0 Å². The van der Waals surface area contributed by atoms with Crippen LogP contribution in [0.3, 0.4) is 0 Å². The van der Waals surface area contributed by atoms with Gasteiger partial charge >= 0.3 is 0 Å². The van der Waals surface area contributed by atoms with E-state index in [0.717, 1.165) is 0 Å². The van der Waals surface area contributed by atoms with Crippen LogP contribution in [0, 0.1) is 6.92 Å². The van der Waals surface area contributed by atoms with E-state index in [-0.39, 0.29) is 10.8 Å². The molecule has 0 spiro atoms. The van der Waals surface area contributed by atoms with Crippen LogP contribution in [0.4, 0.5) is 0 Å². The molecule has 110 valence electrons. The molecule has 0 aromatic heterocycles. The molecule has 1 aliphatic rings. The van der Waals surface area contributed by atoms with Crippen molar-refractivity contribution >= 4 is 15.9 Å². The summed E-state index contributed by atoms with van der Waals surface area (Å²) in [5.41, 5.74) is 8.67. The van der Waals surface area contributed by atoms with Gasteiger partial charge in [-0.1, -0.05) is 68.7 Å². The predicted octanol–water partition coefficient (Wildman–Crippen LogP) is 6.36. The van der Waals surface area contributed by atoms with Gasteiger partial charge in [-0.25, -0.2) is 0 Å². The SMILES string of the molecule is Cc1cc2c(cc1Br)C(C)(C)c1cc(C(C)(C)C)ccc1-2. The summed E-state index contributed by atoms with van der Waals surface area (Å²) in [6, 6.07) is 11.7. The number of hydrogen-bond donors (Lipinski definition) is 0. The molecule has 3 rings (SSSR count). The van der Waals surface area contributed by atoms with E-state index in [1.807, 2.05) is 0 Å². The molecule has 0 saturated heterocycles. The van der Waals surface area contributed by atoms with Gasteiger partial charge in [0.2, 0.25) is 0 Å². The molecule has 0 saturated carbocycles. The summed E-state index contributed by atoms with van der Waals surface area (Å²) in [5, 5.41) is 0. The third-order valence-corrected chi connectivity index (χ3v) is 5.68. The van der Waals surface area contributed by atoms with Crippen molar-refractivity contribution in [3.8, 4) is 11.1 Å². The first-order chi connectivity index (χ1) is 9.62. The first-order valence-corrected chi connectivity index (χ1v) is 8.37. The van der Waals surface area contributed by atoms with Crippen LogP contribution >= 0.6 is 15.9 Å². The summed E-state index contributed by atoms with van der Waals surface area (Å²) < 4.78 is 1.21. The normalized spacial score (nSPS) is 15.8. The first kappa shape index (κ1) is 14.8. The van der Waals surface area contributed by atoms with Crippen molar-refractivity contribution < 1.29 is 0 Å². The van der Waals surface area contributed by atoms with Crippen molar-refractivity contribution in [1.29, 1.82) is 0 Å². The molecule has 1 aliphatic carbocycles. The molecule has 0 fully saturated rings. The van der Waals surface area contributed by atoms with Crippen LogP contribution in [-0.4, -0.2) is 0 Å². The minimum atomic E-state index is 0.0716. The molecule has 0 N–H and O–H groups in total. The molecule has 21 heavy (non-hydrogen) atoms. The van der Waals surface area contributed by atoms with E-state index in [4.69, 9.17) is 0 Å². The molecule has 0 unspecified atom stereocenters. The summed E-state index contributed by atoms with van der Waals surface area (Å²) >= 11 is 3.69. The minimum Gasteiger partial charge on any atom is -0.0579 e.